The Morgan fingerprint density at radius 3 is 2.55 bits per heavy atom. The van der Waals surface area contributed by atoms with Gasteiger partial charge in [0.15, 0.2) is 0 Å². The third-order valence-corrected chi connectivity index (χ3v) is 1.12. The molecule has 0 aliphatic carbocycles. The molecule has 0 fully saturated rings. The van der Waals surface area contributed by atoms with E-state index in [1.54, 1.807) is 6.92 Å². The molecule has 0 amide bonds. The maximum absolute atomic E-state index is 11.7. The monoisotopic (exact) mass is 164 g/mol. The smallest absolute Gasteiger partial charge is 0.328 e. The van der Waals surface area contributed by atoms with Gasteiger partial charge in [0.05, 0.1) is 12.0 Å². The van der Waals surface area contributed by atoms with Crippen LogP contribution in [0.2, 0.25) is 0 Å². The second-order valence-electron chi connectivity index (χ2n) is 2.30. The molecule has 2 nitrogen and oxygen atoms in total. The first-order chi connectivity index (χ1) is 4.97. The summed E-state index contributed by atoms with van der Waals surface area (Å²) in [4.78, 5) is 3.66. The van der Waals surface area contributed by atoms with Gasteiger partial charge in [0.1, 0.15) is 6.54 Å². The van der Waals surface area contributed by atoms with Crippen molar-refractivity contribution in [3.63, 3.8) is 0 Å². The molecule has 0 bridgehead atoms. The highest BCUT2D eigenvalue weighted by Gasteiger charge is 2.27. The number of aryl methyl sites for hydroxylation is 1. The molecule has 0 unspecified atom stereocenters. The fourth-order valence-corrected chi connectivity index (χ4v) is 0.765. The summed E-state index contributed by atoms with van der Waals surface area (Å²) in [6, 6.07) is 0. The van der Waals surface area contributed by atoms with Gasteiger partial charge >= 0.3 is 6.18 Å². The van der Waals surface area contributed by atoms with Crippen molar-refractivity contribution in [3.8, 4) is 0 Å². The van der Waals surface area contributed by atoms with Crippen molar-refractivity contribution in [1.29, 1.82) is 0 Å². The minimum Gasteiger partial charge on any atom is -0.328 e. The van der Waals surface area contributed by atoms with Crippen LogP contribution in [0.25, 0.3) is 0 Å². The summed E-state index contributed by atoms with van der Waals surface area (Å²) in [5.41, 5.74) is 0.592. The second-order valence-corrected chi connectivity index (χ2v) is 2.30. The number of rotatable bonds is 1. The molecule has 0 atom stereocenters. The molecule has 0 saturated heterocycles. The molecule has 0 aliphatic heterocycles. The molecule has 0 N–H and O–H groups in total. The van der Waals surface area contributed by atoms with E-state index >= 15 is 0 Å². The van der Waals surface area contributed by atoms with E-state index in [-0.39, 0.29) is 0 Å². The SMILES string of the molecule is Cc1cn(CC(F)(F)F)cn1. The van der Waals surface area contributed by atoms with Gasteiger partial charge in [-0.25, -0.2) is 4.98 Å². The first-order valence-electron chi connectivity index (χ1n) is 3.02. The molecule has 1 rings (SSSR count). The van der Waals surface area contributed by atoms with Gasteiger partial charge in [-0.05, 0) is 6.92 Å². The first kappa shape index (κ1) is 8.10. The molecule has 1 aromatic heterocycles. The quantitative estimate of drug-likeness (QED) is 0.618. The maximum Gasteiger partial charge on any atom is 0.406 e. The third kappa shape index (κ3) is 2.61. The molecule has 0 aromatic carbocycles. The highest BCUT2D eigenvalue weighted by molar-refractivity contribution is 4.92. The van der Waals surface area contributed by atoms with E-state index in [1.807, 2.05) is 0 Å². The van der Waals surface area contributed by atoms with Crippen LogP contribution in [0, 0.1) is 6.92 Å². The number of nitrogens with zero attached hydrogens (tertiary/aromatic N) is 2. The average Bonchev–Trinajstić information content (AvgIpc) is 2.10. The Morgan fingerprint density at radius 2 is 2.18 bits per heavy atom. The Hall–Kier alpha value is -1.00. The van der Waals surface area contributed by atoms with E-state index in [2.05, 4.69) is 4.98 Å². The Balaban J connectivity index is 2.65. The molecule has 11 heavy (non-hydrogen) atoms. The van der Waals surface area contributed by atoms with Gasteiger partial charge in [0.2, 0.25) is 0 Å². The lowest BCUT2D eigenvalue weighted by molar-refractivity contribution is -0.140. The van der Waals surface area contributed by atoms with Crippen LogP contribution in [-0.2, 0) is 6.54 Å². The summed E-state index contributed by atoms with van der Waals surface area (Å²) in [7, 11) is 0. The van der Waals surface area contributed by atoms with E-state index in [4.69, 9.17) is 0 Å². The third-order valence-electron chi connectivity index (χ3n) is 1.12. The number of imidazole rings is 1. The van der Waals surface area contributed by atoms with E-state index in [0.717, 1.165) is 4.57 Å². The van der Waals surface area contributed by atoms with E-state index in [0.29, 0.717) is 5.69 Å². The molecular formula is C6H7F3N2. The van der Waals surface area contributed by atoms with Gasteiger partial charge in [-0.3, -0.25) is 0 Å². The van der Waals surface area contributed by atoms with Crippen LogP contribution in [0.1, 0.15) is 5.69 Å². The second kappa shape index (κ2) is 2.56. The Kier molecular flexibility index (Phi) is 1.89. The van der Waals surface area contributed by atoms with Crippen molar-refractivity contribution in [2.24, 2.45) is 0 Å². The summed E-state index contributed by atoms with van der Waals surface area (Å²) in [6.45, 7) is 0.681. The van der Waals surface area contributed by atoms with Crippen molar-refractivity contribution in [1.82, 2.24) is 9.55 Å². The molecule has 0 spiro atoms. The number of hydrogen-bond donors (Lipinski definition) is 0. The summed E-state index contributed by atoms with van der Waals surface area (Å²) >= 11 is 0. The van der Waals surface area contributed by atoms with Gasteiger partial charge in [0.25, 0.3) is 0 Å². The molecule has 0 saturated carbocycles. The summed E-state index contributed by atoms with van der Waals surface area (Å²) in [6.07, 6.45) is -1.64. The lowest BCUT2D eigenvalue weighted by atomic mass is 10.5. The van der Waals surface area contributed by atoms with Crippen LogP contribution in [-0.4, -0.2) is 15.7 Å². The van der Waals surface area contributed by atoms with Crippen LogP contribution < -0.4 is 0 Å². The van der Waals surface area contributed by atoms with Crippen molar-refractivity contribution in [2.75, 3.05) is 0 Å². The Morgan fingerprint density at radius 1 is 1.55 bits per heavy atom. The van der Waals surface area contributed by atoms with Crippen LogP contribution in [0.5, 0.6) is 0 Å². The lowest BCUT2D eigenvalue weighted by Gasteiger charge is -2.05. The van der Waals surface area contributed by atoms with Crippen molar-refractivity contribution < 1.29 is 13.2 Å². The topological polar surface area (TPSA) is 17.8 Å². The van der Waals surface area contributed by atoms with Crippen molar-refractivity contribution >= 4 is 0 Å². The molecule has 1 heterocycles. The number of aromatic nitrogens is 2. The van der Waals surface area contributed by atoms with Crippen LogP contribution in [0.4, 0.5) is 13.2 Å². The molecule has 62 valence electrons. The standard InChI is InChI=1S/C6H7F3N2/c1-5-2-11(4-10-5)3-6(7,8)9/h2,4H,3H2,1H3. The zero-order valence-corrected chi connectivity index (χ0v) is 5.89. The normalized spacial score (nSPS) is 12.0. The maximum atomic E-state index is 11.7. The van der Waals surface area contributed by atoms with E-state index < -0.39 is 12.7 Å². The van der Waals surface area contributed by atoms with Crippen LogP contribution >= 0.6 is 0 Å². The Bertz CT molecular complexity index is 238. The fourth-order valence-electron chi connectivity index (χ4n) is 0.765. The lowest BCUT2D eigenvalue weighted by Crippen LogP contribution is -2.16. The molecule has 5 heteroatoms. The van der Waals surface area contributed by atoms with Gasteiger partial charge < -0.3 is 4.57 Å². The van der Waals surface area contributed by atoms with E-state index in [9.17, 15) is 13.2 Å². The highest BCUT2D eigenvalue weighted by atomic mass is 19.4. The minimum absolute atomic E-state index is 0.592. The zero-order chi connectivity index (χ0) is 8.48. The fraction of sp³-hybridized carbons (Fsp3) is 0.500. The first-order valence-corrected chi connectivity index (χ1v) is 3.02. The number of alkyl halides is 3. The molecule has 1 aromatic rings. The highest BCUT2D eigenvalue weighted by Crippen LogP contribution is 2.17. The van der Waals surface area contributed by atoms with Gasteiger partial charge in [-0.2, -0.15) is 13.2 Å². The predicted octanol–water partition coefficient (Wildman–Crippen LogP) is 1.75. The number of halogens is 3. The van der Waals surface area contributed by atoms with Gasteiger partial charge in [-0.15, -0.1) is 0 Å². The van der Waals surface area contributed by atoms with Crippen LogP contribution in [0.3, 0.4) is 0 Å². The van der Waals surface area contributed by atoms with E-state index in [1.165, 1.54) is 12.5 Å². The van der Waals surface area contributed by atoms with Crippen molar-refractivity contribution in [3.05, 3.63) is 18.2 Å². The van der Waals surface area contributed by atoms with Crippen LogP contribution in [0.15, 0.2) is 12.5 Å². The minimum atomic E-state index is -4.16. The van der Waals surface area contributed by atoms with Crippen molar-refractivity contribution in [2.45, 2.75) is 19.6 Å². The summed E-state index contributed by atoms with van der Waals surface area (Å²) in [5.74, 6) is 0. The van der Waals surface area contributed by atoms with Gasteiger partial charge in [0, 0.05) is 6.20 Å². The molecular weight excluding hydrogens is 157 g/mol. The average molecular weight is 164 g/mol. The molecule has 0 radical (unpaired) electrons. The number of hydrogen-bond acceptors (Lipinski definition) is 1. The van der Waals surface area contributed by atoms with Gasteiger partial charge in [-0.1, -0.05) is 0 Å². The molecule has 0 aliphatic rings. The summed E-state index contributed by atoms with van der Waals surface area (Å²) in [5, 5.41) is 0. The zero-order valence-electron chi connectivity index (χ0n) is 5.89. The predicted molar refractivity (Wildman–Crippen MR) is 33.0 cm³/mol. The largest absolute Gasteiger partial charge is 0.406 e. The summed E-state index contributed by atoms with van der Waals surface area (Å²) < 4.78 is 36.1. The Labute approximate surface area is 61.7 Å².